The molecule has 1 aliphatic heterocycles. The lowest BCUT2D eigenvalue weighted by Crippen LogP contribution is -2.41. The quantitative estimate of drug-likeness (QED) is 0.712. The van der Waals surface area contributed by atoms with Crippen molar-refractivity contribution in [3.05, 3.63) is 48.4 Å². The Morgan fingerprint density at radius 3 is 3.08 bits per heavy atom. The van der Waals surface area contributed by atoms with E-state index in [0.717, 1.165) is 25.1 Å². The summed E-state index contributed by atoms with van der Waals surface area (Å²) in [7, 11) is 0. The maximum atomic E-state index is 5.51. The molecule has 0 aliphatic carbocycles. The molecule has 0 unspecified atom stereocenters. The highest BCUT2D eigenvalue weighted by molar-refractivity contribution is 5.55. The summed E-state index contributed by atoms with van der Waals surface area (Å²) in [5.74, 6) is 1.32. The average Bonchev–Trinajstić information content (AvgIpc) is 3.29. The Morgan fingerprint density at radius 2 is 2.24 bits per heavy atom. The van der Waals surface area contributed by atoms with Crippen molar-refractivity contribution in [2.45, 2.75) is 45.3 Å². The fourth-order valence-corrected chi connectivity index (χ4v) is 3.41. The van der Waals surface area contributed by atoms with Gasteiger partial charge in [-0.15, -0.1) is 0 Å². The van der Waals surface area contributed by atoms with Crippen molar-refractivity contribution in [3.63, 3.8) is 0 Å². The molecule has 1 fully saturated rings. The van der Waals surface area contributed by atoms with E-state index in [1.807, 2.05) is 16.8 Å². The summed E-state index contributed by atoms with van der Waals surface area (Å²) in [5.41, 5.74) is 2.18. The summed E-state index contributed by atoms with van der Waals surface area (Å²) in [6.07, 6.45) is 6.95. The van der Waals surface area contributed by atoms with E-state index < -0.39 is 0 Å². The molecule has 7 heteroatoms. The summed E-state index contributed by atoms with van der Waals surface area (Å²) >= 11 is 0. The average molecular weight is 338 g/mol. The molecule has 1 saturated heterocycles. The van der Waals surface area contributed by atoms with Gasteiger partial charge in [0.1, 0.15) is 12.7 Å². The van der Waals surface area contributed by atoms with Crippen LogP contribution in [-0.4, -0.2) is 42.4 Å². The number of likely N-dealkylation sites (tertiary alicyclic amines) is 1. The van der Waals surface area contributed by atoms with Gasteiger partial charge >= 0.3 is 0 Å². The van der Waals surface area contributed by atoms with Gasteiger partial charge in [0, 0.05) is 11.6 Å². The van der Waals surface area contributed by atoms with Crippen LogP contribution in [0, 0.1) is 6.92 Å². The number of nitrogens with zero attached hydrogens (tertiary/aromatic N) is 6. The fourth-order valence-electron chi connectivity index (χ4n) is 3.41. The van der Waals surface area contributed by atoms with Crippen molar-refractivity contribution < 1.29 is 4.52 Å². The van der Waals surface area contributed by atoms with Gasteiger partial charge in [0.25, 0.3) is 0 Å². The van der Waals surface area contributed by atoms with E-state index in [9.17, 15) is 0 Å². The molecule has 4 rings (SSSR count). The third-order valence-electron chi connectivity index (χ3n) is 4.70. The van der Waals surface area contributed by atoms with Gasteiger partial charge in [0.2, 0.25) is 11.7 Å². The van der Waals surface area contributed by atoms with Gasteiger partial charge in [0.15, 0.2) is 0 Å². The van der Waals surface area contributed by atoms with Crippen molar-refractivity contribution in [1.82, 2.24) is 29.8 Å². The molecule has 0 amide bonds. The van der Waals surface area contributed by atoms with E-state index in [-0.39, 0.29) is 0 Å². The summed E-state index contributed by atoms with van der Waals surface area (Å²) in [4.78, 5) is 11.0. The third-order valence-corrected chi connectivity index (χ3v) is 4.70. The smallest absolute Gasteiger partial charge is 0.241 e. The maximum Gasteiger partial charge on any atom is 0.241 e. The number of rotatable bonds is 5. The zero-order valence-corrected chi connectivity index (χ0v) is 14.4. The van der Waals surface area contributed by atoms with Crippen LogP contribution < -0.4 is 0 Å². The van der Waals surface area contributed by atoms with Crippen LogP contribution in [0.15, 0.2) is 41.4 Å². The highest BCUT2D eigenvalue weighted by Gasteiger charge is 2.25. The van der Waals surface area contributed by atoms with Crippen LogP contribution in [0.4, 0.5) is 0 Å². The number of aromatic nitrogens is 5. The minimum Gasteiger partial charge on any atom is -0.338 e. The van der Waals surface area contributed by atoms with Crippen molar-refractivity contribution in [2.75, 3.05) is 6.54 Å². The van der Waals surface area contributed by atoms with Crippen LogP contribution in [0.2, 0.25) is 0 Å². The second-order valence-electron chi connectivity index (χ2n) is 6.62. The van der Waals surface area contributed by atoms with Gasteiger partial charge in [0.05, 0.1) is 13.1 Å². The minimum absolute atomic E-state index is 0.421. The molecule has 25 heavy (non-hydrogen) atoms. The Morgan fingerprint density at radius 1 is 1.28 bits per heavy atom. The molecule has 0 N–H and O–H groups in total. The monoisotopic (exact) mass is 338 g/mol. The maximum absolute atomic E-state index is 5.51. The topological polar surface area (TPSA) is 72.9 Å². The van der Waals surface area contributed by atoms with Gasteiger partial charge in [-0.2, -0.15) is 10.1 Å². The number of hydrogen-bond donors (Lipinski definition) is 0. The van der Waals surface area contributed by atoms with E-state index in [2.05, 4.69) is 44.2 Å². The standard InChI is InChI=1S/C18H22N6O/c1-14-5-4-6-15(9-14)18-21-17(25-22-18)11-23-8-3-2-7-16(23)10-24-13-19-12-20-24/h4-6,9,12-13,16H,2-3,7-8,10-11H2,1H3/t16-/m0/s1. The van der Waals surface area contributed by atoms with Gasteiger partial charge in [-0.05, 0) is 32.4 Å². The third kappa shape index (κ3) is 3.76. The van der Waals surface area contributed by atoms with Crippen molar-refractivity contribution >= 4 is 0 Å². The molecule has 0 radical (unpaired) electrons. The van der Waals surface area contributed by atoms with Crippen molar-refractivity contribution in [1.29, 1.82) is 0 Å². The molecule has 3 heterocycles. The molecule has 1 aliphatic rings. The molecule has 7 nitrogen and oxygen atoms in total. The van der Waals surface area contributed by atoms with Gasteiger partial charge in [-0.3, -0.25) is 9.58 Å². The second-order valence-corrected chi connectivity index (χ2v) is 6.62. The molecule has 0 spiro atoms. The van der Waals surface area contributed by atoms with E-state index in [1.54, 1.807) is 12.7 Å². The van der Waals surface area contributed by atoms with Gasteiger partial charge < -0.3 is 4.52 Å². The van der Waals surface area contributed by atoms with E-state index in [1.165, 1.54) is 18.4 Å². The minimum atomic E-state index is 0.421. The first-order chi connectivity index (χ1) is 12.3. The van der Waals surface area contributed by atoms with E-state index in [0.29, 0.717) is 24.3 Å². The first-order valence-corrected chi connectivity index (χ1v) is 8.74. The Bertz CT molecular complexity index is 813. The summed E-state index contributed by atoms with van der Waals surface area (Å²) in [6, 6.07) is 8.58. The number of piperidine rings is 1. The Hall–Kier alpha value is -2.54. The van der Waals surface area contributed by atoms with Crippen LogP contribution in [0.1, 0.15) is 30.7 Å². The molecule has 0 bridgehead atoms. The molecule has 130 valence electrons. The molecule has 1 atom stereocenters. The van der Waals surface area contributed by atoms with Crippen molar-refractivity contribution in [2.24, 2.45) is 0 Å². The molecule has 2 aromatic heterocycles. The largest absolute Gasteiger partial charge is 0.338 e. The highest BCUT2D eigenvalue weighted by atomic mass is 16.5. The zero-order valence-electron chi connectivity index (χ0n) is 14.4. The Balaban J connectivity index is 1.47. The van der Waals surface area contributed by atoms with Crippen LogP contribution in [-0.2, 0) is 13.1 Å². The number of hydrogen-bond acceptors (Lipinski definition) is 6. The van der Waals surface area contributed by atoms with E-state index >= 15 is 0 Å². The summed E-state index contributed by atoms with van der Waals surface area (Å²) in [5, 5.41) is 8.38. The lowest BCUT2D eigenvalue weighted by Gasteiger charge is -2.34. The lowest BCUT2D eigenvalue weighted by atomic mass is 10.0. The Labute approximate surface area is 146 Å². The van der Waals surface area contributed by atoms with Crippen LogP contribution in [0.3, 0.4) is 0 Å². The number of benzene rings is 1. The molecule has 3 aromatic rings. The predicted molar refractivity (Wildman–Crippen MR) is 92.5 cm³/mol. The second kappa shape index (κ2) is 7.14. The van der Waals surface area contributed by atoms with Crippen LogP contribution in [0.5, 0.6) is 0 Å². The molecule has 0 saturated carbocycles. The molecule has 1 aromatic carbocycles. The first-order valence-electron chi connectivity index (χ1n) is 8.74. The number of aryl methyl sites for hydroxylation is 1. The zero-order chi connectivity index (χ0) is 17.1. The Kier molecular flexibility index (Phi) is 4.56. The fraction of sp³-hybridized carbons (Fsp3) is 0.444. The first kappa shape index (κ1) is 16.0. The molecular formula is C18H22N6O. The van der Waals surface area contributed by atoms with Gasteiger partial charge in [-0.25, -0.2) is 4.98 Å². The summed E-state index contributed by atoms with van der Waals surface area (Å²) in [6.45, 7) is 4.63. The molecular weight excluding hydrogens is 316 g/mol. The van der Waals surface area contributed by atoms with Crippen LogP contribution >= 0.6 is 0 Å². The highest BCUT2D eigenvalue weighted by Crippen LogP contribution is 2.22. The normalized spacial score (nSPS) is 18.5. The van der Waals surface area contributed by atoms with Crippen LogP contribution in [0.25, 0.3) is 11.4 Å². The predicted octanol–water partition coefficient (Wildman–Crippen LogP) is 2.69. The van der Waals surface area contributed by atoms with E-state index in [4.69, 9.17) is 4.52 Å². The summed E-state index contributed by atoms with van der Waals surface area (Å²) < 4.78 is 7.41. The lowest BCUT2D eigenvalue weighted by molar-refractivity contribution is 0.108. The van der Waals surface area contributed by atoms with Gasteiger partial charge in [-0.1, -0.05) is 35.3 Å². The van der Waals surface area contributed by atoms with Crippen molar-refractivity contribution in [3.8, 4) is 11.4 Å². The SMILES string of the molecule is Cc1cccc(-c2noc(CN3CCCC[C@H]3Cn3cncn3)n2)c1.